The van der Waals surface area contributed by atoms with E-state index in [4.69, 9.17) is 19.2 Å². The second kappa shape index (κ2) is 8.06. The lowest BCUT2D eigenvalue weighted by Crippen LogP contribution is -2.09. The first-order valence-electron chi connectivity index (χ1n) is 9.77. The first kappa shape index (κ1) is 20.3. The number of carbonyl (C=O) groups is 2. The van der Waals surface area contributed by atoms with Crippen molar-refractivity contribution in [1.82, 2.24) is 9.97 Å². The number of aromatic hydroxyl groups is 1. The molecule has 0 amide bonds. The van der Waals surface area contributed by atoms with Gasteiger partial charge in [0.2, 0.25) is 0 Å². The standard InChI is InChI=1S/C23H20N2O6/c1-4-30-17-11-16-15(10-14(17)22(27)29-3)25-20-18(23(28)31-5-2)21(26)13-9-7-6-8-12(13)19(20)24-16/h6-11,26H,4-5H2,1-3H3. The number of carbonyl (C=O) groups excluding carboxylic acids is 2. The van der Waals surface area contributed by atoms with Crippen molar-refractivity contribution in [3.05, 3.63) is 47.5 Å². The molecule has 4 aromatic rings. The minimum atomic E-state index is -0.705. The summed E-state index contributed by atoms with van der Waals surface area (Å²) in [5.74, 6) is -1.19. The van der Waals surface area contributed by atoms with Crippen LogP contribution in [-0.4, -0.2) is 47.3 Å². The van der Waals surface area contributed by atoms with Crippen LogP contribution in [0.4, 0.5) is 0 Å². The van der Waals surface area contributed by atoms with E-state index < -0.39 is 11.9 Å². The highest BCUT2D eigenvalue weighted by Gasteiger charge is 2.24. The maximum atomic E-state index is 12.7. The lowest BCUT2D eigenvalue weighted by molar-refractivity contribution is 0.0524. The van der Waals surface area contributed by atoms with Crippen molar-refractivity contribution in [2.45, 2.75) is 13.8 Å². The fourth-order valence-electron chi connectivity index (χ4n) is 3.53. The van der Waals surface area contributed by atoms with Gasteiger partial charge in [-0.05, 0) is 19.9 Å². The molecule has 4 rings (SSSR count). The third-order valence-corrected chi connectivity index (χ3v) is 4.86. The molecule has 0 fully saturated rings. The molecule has 1 aromatic heterocycles. The van der Waals surface area contributed by atoms with Crippen LogP contribution in [-0.2, 0) is 9.47 Å². The number of hydrogen-bond acceptors (Lipinski definition) is 8. The van der Waals surface area contributed by atoms with E-state index in [-0.39, 0.29) is 29.0 Å². The quantitative estimate of drug-likeness (QED) is 0.293. The number of hydrogen-bond donors (Lipinski definition) is 1. The molecule has 158 valence electrons. The number of rotatable bonds is 5. The van der Waals surface area contributed by atoms with Gasteiger partial charge in [0, 0.05) is 16.8 Å². The van der Waals surface area contributed by atoms with Gasteiger partial charge in [-0.1, -0.05) is 24.3 Å². The molecule has 1 heterocycles. The molecule has 31 heavy (non-hydrogen) atoms. The number of methoxy groups -OCH3 is 1. The average molecular weight is 420 g/mol. The Hall–Kier alpha value is -3.94. The van der Waals surface area contributed by atoms with Crippen molar-refractivity contribution in [2.24, 2.45) is 0 Å². The summed E-state index contributed by atoms with van der Waals surface area (Å²) in [6.45, 7) is 3.97. The van der Waals surface area contributed by atoms with Gasteiger partial charge < -0.3 is 19.3 Å². The normalized spacial score (nSPS) is 11.1. The van der Waals surface area contributed by atoms with E-state index in [9.17, 15) is 14.7 Å². The molecular weight excluding hydrogens is 400 g/mol. The van der Waals surface area contributed by atoms with Gasteiger partial charge in [-0.25, -0.2) is 19.6 Å². The summed E-state index contributed by atoms with van der Waals surface area (Å²) in [4.78, 5) is 34.2. The van der Waals surface area contributed by atoms with Crippen molar-refractivity contribution < 1.29 is 28.9 Å². The third-order valence-electron chi connectivity index (χ3n) is 4.86. The van der Waals surface area contributed by atoms with Crippen LogP contribution in [0.2, 0.25) is 0 Å². The zero-order valence-corrected chi connectivity index (χ0v) is 17.3. The van der Waals surface area contributed by atoms with Crippen LogP contribution in [0.1, 0.15) is 34.6 Å². The fraction of sp³-hybridized carbons (Fsp3) is 0.217. The molecule has 0 bridgehead atoms. The number of aromatic nitrogens is 2. The minimum absolute atomic E-state index is 0.0709. The Balaban J connectivity index is 2.14. The van der Waals surface area contributed by atoms with E-state index in [1.54, 1.807) is 38.1 Å². The molecule has 3 aromatic carbocycles. The summed E-state index contributed by atoms with van der Waals surface area (Å²) in [6, 6.07) is 10.2. The minimum Gasteiger partial charge on any atom is -0.506 e. The number of nitrogens with zero attached hydrogens (tertiary/aromatic N) is 2. The Morgan fingerprint density at radius 3 is 2.29 bits per heavy atom. The van der Waals surface area contributed by atoms with Gasteiger partial charge in [0.1, 0.15) is 28.1 Å². The SMILES string of the molecule is CCOC(=O)c1c(O)c2ccccc2c2nc3cc(OCC)c(C(=O)OC)cc3nc12. The van der Waals surface area contributed by atoms with Crippen LogP contribution in [0.15, 0.2) is 36.4 Å². The highest BCUT2D eigenvalue weighted by Crippen LogP contribution is 2.37. The molecule has 0 aliphatic carbocycles. The summed E-state index contributed by atoms with van der Waals surface area (Å²) in [5.41, 5.74) is 1.54. The highest BCUT2D eigenvalue weighted by molar-refractivity contribution is 6.18. The van der Waals surface area contributed by atoms with Crippen LogP contribution in [0.5, 0.6) is 11.5 Å². The molecular formula is C23H20N2O6. The Kier molecular flexibility index (Phi) is 5.29. The van der Waals surface area contributed by atoms with Gasteiger partial charge in [0.05, 0.1) is 36.9 Å². The van der Waals surface area contributed by atoms with Crippen molar-refractivity contribution >= 4 is 44.8 Å². The van der Waals surface area contributed by atoms with Crippen molar-refractivity contribution in [2.75, 3.05) is 20.3 Å². The Labute approximate surface area is 177 Å². The maximum Gasteiger partial charge on any atom is 0.344 e. The van der Waals surface area contributed by atoms with E-state index in [1.807, 2.05) is 6.07 Å². The first-order chi connectivity index (χ1) is 15.0. The van der Waals surface area contributed by atoms with Gasteiger partial charge in [0.25, 0.3) is 0 Å². The van der Waals surface area contributed by atoms with Crippen LogP contribution in [0.25, 0.3) is 32.8 Å². The predicted octanol–water partition coefficient (Wildman–Crippen LogP) is 4.00. The van der Waals surface area contributed by atoms with Gasteiger partial charge in [0.15, 0.2) is 0 Å². The van der Waals surface area contributed by atoms with Crippen LogP contribution in [0, 0.1) is 0 Å². The topological polar surface area (TPSA) is 108 Å². The van der Waals surface area contributed by atoms with Crippen LogP contribution in [0.3, 0.4) is 0 Å². The highest BCUT2D eigenvalue weighted by atomic mass is 16.5. The number of phenolic OH excluding ortho intramolecular Hbond substituents is 1. The van der Waals surface area contributed by atoms with E-state index in [1.165, 1.54) is 13.2 Å². The molecule has 8 nitrogen and oxygen atoms in total. The average Bonchev–Trinajstić information content (AvgIpc) is 2.78. The predicted molar refractivity (Wildman–Crippen MR) is 115 cm³/mol. The first-order valence-corrected chi connectivity index (χ1v) is 9.77. The zero-order chi connectivity index (χ0) is 22.1. The van der Waals surface area contributed by atoms with Crippen LogP contribution >= 0.6 is 0 Å². The van der Waals surface area contributed by atoms with E-state index in [2.05, 4.69) is 4.98 Å². The zero-order valence-electron chi connectivity index (χ0n) is 17.3. The molecule has 0 aliphatic rings. The second-order valence-corrected chi connectivity index (χ2v) is 6.67. The van der Waals surface area contributed by atoms with E-state index in [0.717, 1.165) is 0 Å². The Morgan fingerprint density at radius 1 is 0.935 bits per heavy atom. The molecule has 0 atom stereocenters. The lowest BCUT2D eigenvalue weighted by atomic mass is 10.0. The number of esters is 2. The molecule has 8 heteroatoms. The maximum absolute atomic E-state index is 12.7. The fourth-order valence-corrected chi connectivity index (χ4v) is 3.53. The summed E-state index contributed by atoms with van der Waals surface area (Å²) < 4.78 is 15.6. The van der Waals surface area contributed by atoms with Gasteiger partial charge in [-0.2, -0.15) is 0 Å². The number of ether oxygens (including phenoxy) is 3. The summed E-state index contributed by atoms with van der Waals surface area (Å²) in [7, 11) is 1.28. The van der Waals surface area contributed by atoms with Gasteiger partial charge in [-0.3, -0.25) is 0 Å². The number of fused-ring (bicyclic) bond motifs is 4. The molecule has 0 saturated heterocycles. The monoisotopic (exact) mass is 420 g/mol. The Morgan fingerprint density at radius 2 is 1.61 bits per heavy atom. The smallest absolute Gasteiger partial charge is 0.344 e. The van der Waals surface area contributed by atoms with Crippen molar-refractivity contribution in [3.8, 4) is 11.5 Å². The molecule has 1 N–H and O–H groups in total. The number of benzene rings is 3. The number of phenols is 1. The van der Waals surface area contributed by atoms with E-state index >= 15 is 0 Å². The molecule has 0 spiro atoms. The molecule has 0 aliphatic heterocycles. The third kappa shape index (κ3) is 3.35. The summed E-state index contributed by atoms with van der Waals surface area (Å²) in [6.07, 6.45) is 0. The summed E-state index contributed by atoms with van der Waals surface area (Å²) >= 11 is 0. The van der Waals surface area contributed by atoms with Gasteiger partial charge in [-0.15, -0.1) is 0 Å². The van der Waals surface area contributed by atoms with Gasteiger partial charge >= 0.3 is 11.9 Å². The second-order valence-electron chi connectivity index (χ2n) is 6.67. The molecule has 0 unspecified atom stereocenters. The largest absolute Gasteiger partial charge is 0.506 e. The molecule has 0 saturated carbocycles. The van der Waals surface area contributed by atoms with Crippen molar-refractivity contribution in [3.63, 3.8) is 0 Å². The summed E-state index contributed by atoms with van der Waals surface area (Å²) in [5, 5.41) is 11.9. The van der Waals surface area contributed by atoms with Crippen molar-refractivity contribution in [1.29, 1.82) is 0 Å². The molecule has 0 radical (unpaired) electrons. The van der Waals surface area contributed by atoms with Crippen LogP contribution < -0.4 is 4.74 Å². The Bertz CT molecular complexity index is 1350. The van der Waals surface area contributed by atoms with E-state index in [0.29, 0.717) is 39.7 Å². The lowest BCUT2D eigenvalue weighted by Gasteiger charge is -2.14.